The number of amides is 3. The van der Waals surface area contributed by atoms with Gasteiger partial charge in [-0.1, -0.05) is 34.1 Å². The normalized spacial score (nSPS) is 16.0. The molecule has 0 spiro atoms. The lowest BCUT2D eigenvalue weighted by Crippen LogP contribution is -2.59. The molecule has 0 aromatic carbocycles. The van der Waals surface area contributed by atoms with Crippen molar-refractivity contribution in [1.29, 1.82) is 0 Å². The van der Waals surface area contributed by atoms with E-state index in [0.717, 1.165) is 0 Å². The molecular weight excluding hydrogens is 424 g/mol. The molecule has 0 fully saturated rings. The van der Waals surface area contributed by atoms with Gasteiger partial charge in [0.15, 0.2) is 0 Å². The third-order valence-corrected chi connectivity index (χ3v) is 5.54. The lowest BCUT2D eigenvalue weighted by atomic mass is 9.96. The lowest BCUT2D eigenvalue weighted by Gasteiger charge is -2.28. The Morgan fingerprint density at radius 2 is 1.55 bits per heavy atom. The Morgan fingerprint density at radius 3 is 2.00 bits per heavy atom. The number of thioether (sulfide) groups is 1. The predicted octanol–water partition coefficient (Wildman–Crippen LogP) is -0.310. The minimum absolute atomic E-state index is 0.213. The number of hydrogen-bond donors (Lipinski definition) is 6. The molecule has 0 heterocycles. The minimum Gasteiger partial charge on any atom is -0.480 e. The predicted molar refractivity (Wildman–Crippen MR) is 120 cm³/mol. The van der Waals surface area contributed by atoms with Gasteiger partial charge < -0.3 is 31.9 Å². The number of hydrogen-bond acceptors (Lipinski definition) is 7. The van der Waals surface area contributed by atoms with Gasteiger partial charge in [-0.3, -0.25) is 14.4 Å². The summed E-state index contributed by atoms with van der Waals surface area (Å²) in [6, 6.07) is -4.13. The number of rotatable bonds is 15. The van der Waals surface area contributed by atoms with Gasteiger partial charge in [-0.15, -0.1) is 0 Å². The minimum atomic E-state index is -1.47. The van der Waals surface area contributed by atoms with E-state index in [2.05, 4.69) is 16.0 Å². The molecule has 0 aliphatic heterocycles. The zero-order valence-electron chi connectivity index (χ0n) is 19.0. The fraction of sp³-hybridized carbons (Fsp3) is 0.800. The fourth-order valence-electron chi connectivity index (χ4n) is 2.80. The average Bonchev–Trinajstić information content (AvgIpc) is 2.71. The molecule has 7 N–H and O–H groups in total. The molecule has 0 saturated carbocycles. The van der Waals surface area contributed by atoms with Gasteiger partial charge in [-0.2, -0.15) is 11.8 Å². The Labute approximate surface area is 188 Å². The first-order chi connectivity index (χ1) is 14.5. The Balaban J connectivity index is 5.41. The maximum atomic E-state index is 13.0. The first-order valence-electron chi connectivity index (χ1n) is 10.5. The highest BCUT2D eigenvalue weighted by molar-refractivity contribution is 7.98. The second-order valence-corrected chi connectivity index (χ2v) is 9.02. The van der Waals surface area contributed by atoms with Crippen LogP contribution in [0.1, 0.15) is 47.0 Å². The summed E-state index contributed by atoms with van der Waals surface area (Å²) in [5.41, 5.74) is 5.93. The van der Waals surface area contributed by atoms with Crippen LogP contribution in [0.5, 0.6) is 0 Å². The van der Waals surface area contributed by atoms with E-state index >= 15 is 0 Å². The number of carboxylic acids is 1. The van der Waals surface area contributed by atoms with E-state index in [1.807, 2.05) is 34.0 Å². The van der Waals surface area contributed by atoms with E-state index in [0.29, 0.717) is 18.6 Å². The van der Waals surface area contributed by atoms with Crippen molar-refractivity contribution in [1.82, 2.24) is 16.0 Å². The van der Waals surface area contributed by atoms with Crippen LogP contribution in [0.15, 0.2) is 0 Å². The van der Waals surface area contributed by atoms with Crippen LogP contribution >= 0.6 is 11.8 Å². The maximum Gasteiger partial charge on any atom is 0.328 e. The number of carbonyl (C=O) groups is 4. The Kier molecular flexibility index (Phi) is 14.1. The van der Waals surface area contributed by atoms with Crippen molar-refractivity contribution in [2.45, 2.75) is 71.1 Å². The summed E-state index contributed by atoms with van der Waals surface area (Å²) in [4.78, 5) is 49.1. The molecule has 5 unspecified atom stereocenters. The molecule has 11 heteroatoms. The lowest BCUT2D eigenvalue weighted by molar-refractivity contribution is -0.143. The number of carboxylic acid groups (broad SMARTS) is 1. The first kappa shape index (κ1) is 29.1. The van der Waals surface area contributed by atoms with E-state index in [9.17, 15) is 19.2 Å². The second-order valence-electron chi connectivity index (χ2n) is 8.03. The van der Waals surface area contributed by atoms with Crippen LogP contribution in [0.4, 0.5) is 0 Å². The molecule has 0 bridgehead atoms. The third-order valence-electron chi connectivity index (χ3n) is 4.90. The number of aliphatic hydroxyl groups is 1. The molecule has 5 atom stereocenters. The zero-order valence-corrected chi connectivity index (χ0v) is 19.8. The maximum absolute atomic E-state index is 13.0. The van der Waals surface area contributed by atoms with Gasteiger partial charge in [0.2, 0.25) is 17.7 Å². The molecule has 0 aromatic heterocycles. The van der Waals surface area contributed by atoms with Crippen LogP contribution in [-0.4, -0.2) is 76.7 Å². The summed E-state index contributed by atoms with van der Waals surface area (Å²) >= 11 is 1.46. The fourth-order valence-corrected chi connectivity index (χ4v) is 3.27. The largest absolute Gasteiger partial charge is 0.480 e. The number of nitrogens with two attached hydrogens (primary N) is 1. The summed E-state index contributed by atoms with van der Waals surface area (Å²) in [5, 5.41) is 25.7. The highest BCUT2D eigenvalue weighted by Gasteiger charge is 2.32. The number of aliphatic hydroxyl groups excluding tert-OH is 1. The molecule has 180 valence electrons. The second kappa shape index (κ2) is 15.0. The summed E-state index contributed by atoms with van der Waals surface area (Å²) in [6.45, 7) is 6.79. The van der Waals surface area contributed by atoms with Gasteiger partial charge in [-0.25, -0.2) is 4.79 Å². The molecule has 31 heavy (non-hydrogen) atoms. The number of carbonyl (C=O) groups excluding carboxylic acids is 3. The van der Waals surface area contributed by atoms with Crippen molar-refractivity contribution in [3.63, 3.8) is 0 Å². The third kappa shape index (κ3) is 10.8. The van der Waals surface area contributed by atoms with E-state index in [-0.39, 0.29) is 18.3 Å². The van der Waals surface area contributed by atoms with Gasteiger partial charge in [0.1, 0.15) is 18.1 Å². The van der Waals surface area contributed by atoms with E-state index < -0.39 is 54.5 Å². The van der Waals surface area contributed by atoms with Gasteiger partial charge in [0.25, 0.3) is 0 Å². The SMILES string of the molecule is CCC(C)C(NC(=O)C(N)CC(C)C)C(=O)NC(CCSC)C(=O)NC(CO)C(=O)O. The zero-order chi connectivity index (χ0) is 24.1. The van der Waals surface area contributed by atoms with Crippen molar-refractivity contribution in [2.24, 2.45) is 17.6 Å². The highest BCUT2D eigenvalue weighted by atomic mass is 32.2. The van der Waals surface area contributed by atoms with Crippen LogP contribution in [0.2, 0.25) is 0 Å². The van der Waals surface area contributed by atoms with Gasteiger partial charge in [0.05, 0.1) is 12.6 Å². The van der Waals surface area contributed by atoms with Crippen LogP contribution in [0.3, 0.4) is 0 Å². The smallest absolute Gasteiger partial charge is 0.328 e. The molecule has 0 saturated heterocycles. The number of aliphatic carboxylic acids is 1. The highest BCUT2D eigenvalue weighted by Crippen LogP contribution is 2.11. The van der Waals surface area contributed by atoms with E-state index in [1.54, 1.807) is 0 Å². The van der Waals surface area contributed by atoms with Crippen LogP contribution in [0, 0.1) is 11.8 Å². The number of nitrogens with one attached hydrogen (secondary N) is 3. The molecule has 0 rings (SSSR count). The summed E-state index contributed by atoms with van der Waals surface area (Å²) in [6.07, 6.45) is 3.16. The molecule has 0 aliphatic carbocycles. The summed E-state index contributed by atoms with van der Waals surface area (Å²) in [5.74, 6) is -2.55. The quantitative estimate of drug-likeness (QED) is 0.192. The summed E-state index contributed by atoms with van der Waals surface area (Å²) in [7, 11) is 0. The Bertz CT molecular complexity index is 604. The topological polar surface area (TPSA) is 171 Å². The van der Waals surface area contributed by atoms with Crippen molar-refractivity contribution in [3.05, 3.63) is 0 Å². The van der Waals surface area contributed by atoms with Crippen molar-refractivity contribution in [2.75, 3.05) is 18.6 Å². The first-order valence-corrected chi connectivity index (χ1v) is 11.9. The van der Waals surface area contributed by atoms with Gasteiger partial charge in [0, 0.05) is 0 Å². The average molecular weight is 463 g/mol. The Hall–Kier alpha value is -1.85. The molecule has 0 aromatic rings. The van der Waals surface area contributed by atoms with Crippen molar-refractivity contribution >= 4 is 35.5 Å². The van der Waals surface area contributed by atoms with Gasteiger partial charge in [-0.05, 0) is 36.7 Å². The van der Waals surface area contributed by atoms with E-state index in [4.69, 9.17) is 15.9 Å². The molecule has 10 nitrogen and oxygen atoms in total. The monoisotopic (exact) mass is 462 g/mol. The van der Waals surface area contributed by atoms with Crippen molar-refractivity contribution < 1.29 is 29.4 Å². The molecule has 3 amide bonds. The van der Waals surface area contributed by atoms with E-state index in [1.165, 1.54) is 11.8 Å². The van der Waals surface area contributed by atoms with Crippen LogP contribution in [0.25, 0.3) is 0 Å². The van der Waals surface area contributed by atoms with Crippen LogP contribution in [-0.2, 0) is 19.2 Å². The van der Waals surface area contributed by atoms with Gasteiger partial charge >= 0.3 is 5.97 Å². The summed E-state index contributed by atoms with van der Waals surface area (Å²) < 4.78 is 0. The molecule has 0 radical (unpaired) electrons. The molecule has 0 aliphatic rings. The standard InChI is InChI=1S/C20H38N4O6S/c1-6-12(4)16(24-17(26)13(21)9-11(2)3)19(28)22-14(7-8-31-5)18(27)23-15(10-25)20(29)30/h11-16,25H,6-10,21H2,1-5H3,(H,22,28)(H,23,27)(H,24,26)(H,29,30). The Morgan fingerprint density at radius 1 is 0.968 bits per heavy atom. The van der Waals surface area contributed by atoms with Crippen LogP contribution < -0.4 is 21.7 Å². The van der Waals surface area contributed by atoms with Crippen molar-refractivity contribution in [3.8, 4) is 0 Å². The molecular formula is C20H38N4O6S.